The average Bonchev–Trinajstić information content (AvgIpc) is 2.89. The number of halogens is 1. The standard InChI is InChI=1S/C20H17ClN2O2/c1-11-8-14(21)6-7-17(11)22-20(25)16-10-23-12(2)9-13-4-3-5-15(18(13)23)19(16)24/h3-8,10,12H,9H2,1-2H3,(H,22,25)/t12-/m1/s1. The maximum Gasteiger partial charge on any atom is 0.261 e. The Labute approximate surface area is 150 Å². The summed E-state index contributed by atoms with van der Waals surface area (Å²) < 4.78 is 2.04. The highest BCUT2D eigenvalue weighted by atomic mass is 35.5. The summed E-state index contributed by atoms with van der Waals surface area (Å²) in [7, 11) is 0. The number of pyridine rings is 1. The van der Waals surface area contributed by atoms with Crippen LogP contribution in [0.3, 0.4) is 0 Å². The lowest BCUT2D eigenvalue weighted by atomic mass is 10.1. The Morgan fingerprint density at radius 2 is 2.08 bits per heavy atom. The summed E-state index contributed by atoms with van der Waals surface area (Å²) in [6.45, 7) is 3.96. The van der Waals surface area contributed by atoms with Gasteiger partial charge in [0, 0.05) is 28.3 Å². The molecule has 2 aromatic carbocycles. The molecule has 0 spiro atoms. The number of rotatable bonds is 2. The Morgan fingerprint density at radius 3 is 2.84 bits per heavy atom. The van der Waals surface area contributed by atoms with E-state index in [1.165, 1.54) is 0 Å². The smallest absolute Gasteiger partial charge is 0.261 e. The van der Waals surface area contributed by atoms with Crippen LogP contribution in [0, 0.1) is 6.92 Å². The number of nitrogens with one attached hydrogen (secondary N) is 1. The first kappa shape index (κ1) is 15.9. The number of hydrogen-bond donors (Lipinski definition) is 1. The quantitative estimate of drug-likeness (QED) is 0.746. The number of carbonyl (C=O) groups excluding carboxylic acids is 1. The third-order valence-corrected chi connectivity index (χ3v) is 5.04. The summed E-state index contributed by atoms with van der Waals surface area (Å²) in [5, 5.41) is 4.04. The molecule has 2 heterocycles. The number of aromatic nitrogens is 1. The van der Waals surface area contributed by atoms with Gasteiger partial charge in [0.05, 0.1) is 5.52 Å². The molecule has 1 amide bonds. The predicted molar refractivity (Wildman–Crippen MR) is 101 cm³/mol. The molecule has 0 radical (unpaired) electrons. The van der Waals surface area contributed by atoms with E-state index in [0.717, 1.165) is 23.1 Å². The van der Waals surface area contributed by atoms with Crippen LogP contribution in [-0.4, -0.2) is 10.5 Å². The van der Waals surface area contributed by atoms with Gasteiger partial charge in [0.15, 0.2) is 0 Å². The number of anilines is 1. The van der Waals surface area contributed by atoms with Crippen LogP contribution in [0.2, 0.25) is 5.02 Å². The number of aryl methyl sites for hydroxylation is 1. The number of carbonyl (C=O) groups is 1. The summed E-state index contributed by atoms with van der Waals surface area (Å²) >= 11 is 5.96. The zero-order chi connectivity index (χ0) is 17.7. The van der Waals surface area contributed by atoms with Gasteiger partial charge in [0.1, 0.15) is 5.56 Å². The topological polar surface area (TPSA) is 51.1 Å². The average molecular weight is 353 g/mol. The number of nitrogens with zero attached hydrogens (tertiary/aromatic N) is 1. The van der Waals surface area contributed by atoms with Gasteiger partial charge in [-0.05, 0) is 55.7 Å². The molecule has 4 nitrogen and oxygen atoms in total. The summed E-state index contributed by atoms with van der Waals surface area (Å²) in [5.41, 5.74) is 3.53. The Kier molecular flexibility index (Phi) is 3.65. The minimum atomic E-state index is -0.398. The molecule has 5 heteroatoms. The van der Waals surface area contributed by atoms with Crippen LogP contribution in [-0.2, 0) is 6.42 Å². The SMILES string of the molecule is Cc1cc(Cl)ccc1NC(=O)c1cn2c3c(cccc3c1=O)C[C@H]2C. The molecule has 0 saturated carbocycles. The van der Waals surface area contributed by atoms with Gasteiger partial charge in [-0.3, -0.25) is 9.59 Å². The van der Waals surface area contributed by atoms with Crippen LogP contribution in [0.5, 0.6) is 0 Å². The van der Waals surface area contributed by atoms with Gasteiger partial charge in [-0.25, -0.2) is 0 Å². The van der Waals surface area contributed by atoms with E-state index in [-0.39, 0.29) is 17.0 Å². The van der Waals surface area contributed by atoms with E-state index in [4.69, 9.17) is 11.6 Å². The van der Waals surface area contributed by atoms with E-state index < -0.39 is 5.91 Å². The highest BCUT2D eigenvalue weighted by molar-refractivity contribution is 6.30. The lowest BCUT2D eigenvalue weighted by Gasteiger charge is -2.13. The van der Waals surface area contributed by atoms with E-state index in [1.54, 1.807) is 30.5 Å². The maximum absolute atomic E-state index is 12.8. The van der Waals surface area contributed by atoms with Gasteiger partial charge >= 0.3 is 0 Å². The third kappa shape index (κ3) is 2.53. The Balaban J connectivity index is 1.81. The lowest BCUT2D eigenvalue weighted by Crippen LogP contribution is -2.24. The molecule has 1 atom stereocenters. The van der Waals surface area contributed by atoms with Crippen molar-refractivity contribution in [2.24, 2.45) is 0 Å². The van der Waals surface area contributed by atoms with Gasteiger partial charge in [-0.1, -0.05) is 23.7 Å². The second kappa shape index (κ2) is 5.74. The van der Waals surface area contributed by atoms with Crippen molar-refractivity contribution in [3.63, 3.8) is 0 Å². The van der Waals surface area contributed by atoms with E-state index in [0.29, 0.717) is 16.1 Å². The van der Waals surface area contributed by atoms with Crippen LogP contribution in [0.15, 0.2) is 47.4 Å². The number of amides is 1. The largest absolute Gasteiger partial charge is 0.343 e. The summed E-state index contributed by atoms with van der Waals surface area (Å²) in [4.78, 5) is 25.6. The van der Waals surface area contributed by atoms with E-state index in [2.05, 4.69) is 12.2 Å². The Morgan fingerprint density at radius 1 is 1.28 bits per heavy atom. The van der Waals surface area contributed by atoms with Crippen molar-refractivity contribution in [1.82, 2.24) is 4.57 Å². The first-order valence-electron chi connectivity index (χ1n) is 8.20. The molecule has 0 fully saturated rings. The van der Waals surface area contributed by atoms with Crippen molar-refractivity contribution in [3.05, 3.63) is 74.5 Å². The minimum absolute atomic E-state index is 0.160. The fourth-order valence-corrected chi connectivity index (χ4v) is 3.76. The second-order valence-corrected chi connectivity index (χ2v) is 7.00. The molecule has 1 aliphatic rings. The first-order valence-corrected chi connectivity index (χ1v) is 8.58. The first-order chi connectivity index (χ1) is 12.0. The van der Waals surface area contributed by atoms with Crippen LogP contribution >= 0.6 is 11.6 Å². The van der Waals surface area contributed by atoms with Gasteiger partial charge in [0.25, 0.3) is 5.91 Å². The molecular weight excluding hydrogens is 336 g/mol. The van der Waals surface area contributed by atoms with E-state index in [9.17, 15) is 9.59 Å². The fraction of sp³-hybridized carbons (Fsp3) is 0.200. The molecule has 0 aliphatic carbocycles. The molecule has 4 rings (SSSR count). The van der Waals surface area contributed by atoms with Crippen molar-refractivity contribution < 1.29 is 4.79 Å². The second-order valence-electron chi connectivity index (χ2n) is 6.56. The highest BCUT2D eigenvalue weighted by Gasteiger charge is 2.24. The van der Waals surface area contributed by atoms with Crippen molar-refractivity contribution in [2.75, 3.05) is 5.32 Å². The molecule has 126 valence electrons. The summed E-state index contributed by atoms with van der Waals surface area (Å²) in [6, 6.07) is 11.2. The van der Waals surface area contributed by atoms with Gasteiger partial charge < -0.3 is 9.88 Å². The van der Waals surface area contributed by atoms with Crippen molar-refractivity contribution in [3.8, 4) is 0 Å². The third-order valence-electron chi connectivity index (χ3n) is 4.81. The zero-order valence-corrected chi connectivity index (χ0v) is 14.7. The molecule has 0 bridgehead atoms. The molecule has 1 aliphatic heterocycles. The van der Waals surface area contributed by atoms with Crippen LogP contribution in [0.25, 0.3) is 10.9 Å². The summed E-state index contributed by atoms with van der Waals surface area (Å²) in [5.74, 6) is -0.398. The zero-order valence-electron chi connectivity index (χ0n) is 14.0. The Hall–Kier alpha value is -2.59. The van der Waals surface area contributed by atoms with Crippen molar-refractivity contribution in [1.29, 1.82) is 0 Å². The molecule has 0 saturated heterocycles. The van der Waals surface area contributed by atoms with E-state index in [1.807, 2.05) is 23.6 Å². The molecule has 25 heavy (non-hydrogen) atoms. The van der Waals surface area contributed by atoms with Crippen LogP contribution in [0.1, 0.15) is 34.5 Å². The molecule has 0 unspecified atom stereocenters. The van der Waals surface area contributed by atoms with E-state index >= 15 is 0 Å². The fourth-order valence-electron chi connectivity index (χ4n) is 3.53. The molecule has 3 aromatic rings. The molecule has 1 aromatic heterocycles. The van der Waals surface area contributed by atoms with Crippen molar-refractivity contribution >= 4 is 34.1 Å². The molecular formula is C20H17ClN2O2. The van der Waals surface area contributed by atoms with Crippen LogP contribution < -0.4 is 10.7 Å². The maximum atomic E-state index is 12.8. The number of hydrogen-bond acceptors (Lipinski definition) is 2. The van der Waals surface area contributed by atoms with Gasteiger partial charge in [-0.15, -0.1) is 0 Å². The predicted octanol–water partition coefficient (Wildman–Crippen LogP) is 4.33. The summed E-state index contributed by atoms with van der Waals surface area (Å²) in [6.07, 6.45) is 2.56. The monoisotopic (exact) mass is 352 g/mol. The van der Waals surface area contributed by atoms with Gasteiger partial charge in [0.2, 0.25) is 5.43 Å². The van der Waals surface area contributed by atoms with Crippen LogP contribution in [0.4, 0.5) is 5.69 Å². The number of para-hydroxylation sites is 1. The number of benzene rings is 2. The minimum Gasteiger partial charge on any atom is -0.343 e. The Bertz CT molecular complexity index is 1080. The highest BCUT2D eigenvalue weighted by Crippen LogP contribution is 2.31. The van der Waals surface area contributed by atoms with Gasteiger partial charge in [-0.2, -0.15) is 0 Å². The molecule has 1 N–H and O–H groups in total. The normalized spacial score (nSPS) is 15.6. The lowest BCUT2D eigenvalue weighted by molar-refractivity contribution is 0.102. The van der Waals surface area contributed by atoms with Crippen molar-refractivity contribution in [2.45, 2.75) is 26.3 Å².